The number of hydrogen-bond acceptors (Lipinski definition) is 6. The first-order chi connectivity index (χ1) is 11.3. The number of carbonyl (C=O) groups is 4. The molecule has 0 saturated heterocycles. The van der Waals surface area contributed by atoms with Gasteiger partial charge < -0.3 is 19.7 Å². The second kappa shape index (κ2) is 8.66. The van der Waals surface area contributed by atoms with Crippen LogP contribution in [0.1, 0.15) is 68.1 Å². The van der Waals surface area contributed by atoms with E-state index in [0.717, 1.165) is 12.1 Å². The molecule has 1 aromatic rings. The molecule has 0 bridgehead atoms. The second-order valence-corrected chi connectivity index (χ2v) is 4.79. The predicted molar refractivity (Wildman–Crippen MR) is 81.5 cm³/mol. The van der Waals surface area contributed by atoms with Gasteiger partial charge in [-0.05, 0) is 25.0 Å². The first-order valence-electron chi connectivity index (χ1n) is 7.32. The fourth-order valence-electron chi connectivity index (χ4n) is 1.92. The smallest absolute Gasteiger partial charge is 0.339 e. The minimum absolute atomic E-state index is 0.00135. The van der Waals surface area contributed by atoms with Gasteiger partial charge in [-0.15, -0.1) is 0 Å². The Morgan fingerprint density at radius 2 is 1.29 bits per heavy atom. The number of carbonyl (C=O) groups excluding carboxylic acids is 2. The number of hydrogen-bond donors (Lipinski definition) is 2. The fraction of sp³-hybridized carbons (Fsp3) is 0.375. The predicted octanol–water partition coefficient (Wildman–Crippen LogP) is 2.22. The lowest BCUT2D eigenvalue weighted by molar-refractivity contribution is 0.0452. The Morgan fingerprint density at radius 1 is 0.792 bits per heavy atom. The number of aromatic carboxylic acids is 2. The standard InChI is InChI=1S/C16H18O8/c1-3-7-23-15(21)10-6-5-9(13(17)18)11(14(19)20)12(10)16(22)24-8-4-2/h5-6H,3-4,7-8H2,1-2H3,(H,17,18)(H,19,20). The molecule has 0 heterocycles. The largest absolute Gasteiger partial charge is 0.478 e. The van der Waals surface area contributed by atoms with Crippen molar-refractivity contribution >= 4 is 23.9 Å². The molecular formula is C16H18O8. The van der Waals surface area contributed by atoms with Gasteiger partial charge in [0.05, 0.1) is 35.5 Å². The average Bonchev–Trinajstić information content (AvgIpc) is 2.55. The van der Waals surface area contributed by atoms with Crippen LogP contribution in [0.15, 0.2) is 12.1 Å². The maximum atomic E-state index is 12.2. The Kier molecular flexibility index (Phi) is 6.91. The van der Waals surface area contributed by atoms with Crippen molar-refractivity contribution in [3.63, 3.8) is 0 Å². The minimum Gasteiger partial charge on any atom is -0.478 e. The summed E-state index contributed by atoms with van der Waals surface area (Å²) in [7, 11) is 0. The molecule has 0 aliphatic rings. The molecule has 0 aliphatic heterocycles. The third-order valence-electron chi connectivity index (χ3n) is 2.95. The Hall–Kier alpha value is -2.90. The van der Waals surface area contributed by atoms with Crippen LogP contribution in [-0.4, -0.2) is 47.3 Å². The summed E-state index contributed by atoms with van der Waals surface area (Å²) in [5.74, 6) is -5.19. The Bertz CT molecular complexity index is 662. The van der Waals surface area contributed by atoms with Crippen molar-refractivity contribution in [2.75, 3.05) is 13.2 Å². The van der Waals surface area contributed by atoms with Gasteiger partial charge >= 0.3 is 23.9 Å². The minimum atomic E-state index is -1.65. The van der Waals surface area contributed by atoms with E-state index in [1.165, 1.54) is 0 Å². The van der Waals surface area contributed by atoms with Gasteiger partial charge in [0.2, 0.25) is 0 Å². The molecule has 0 atom stereocenters. The molecule has 0 saturated carbocycles. The highest BCUT2D eigenvalue weighted by Crippen LogP contribution is 2.22. The van der Waals surface area contributed by atoms with E-state index in [9.17, 15) is 24.3 Å². The zero-order chi connectivity index (χ0) is 18.3. The van der Waals surface area contributed by atoms with Crippen LogP contribution < -0.4 is 0 Å². The van der Waals surface area contributed by atoms with Crippen LogP contribution in [0.25, 0.3) is 0 Å². The van der Waals surface area contributed by atoms with Crippen molar-refractivity contribution in [3.05, 3.63) is 34.4 Å². The van der Waals surface area contributed by atoms with Gasteiger partial charge in [-0.25, -0.2) is 19.2 Å². The number of ether oxygens (including phenoxy) is 2. The molecule has 2 N–H and O–H groups in total. The molecule has 24 heavy (non-hydrogen) atoms. The molecule has 0 aliphatic carbocycles. The monoisotopic (exact) mass is 338 g/mol. The number of carboxylic acids is 2. The van der Waals surface area contributed by atoms with Gasteiger partial charge in [0.25, 0.3) is 0 Å². The number of carboxylic acid groups (broad SMARTS) is 2. The Morgan fingerprint density at radius 3 is 1.75 bits per heavy atom. The van der Waals surface area contributed by atoms with Gasteiger partial charge in [0, 0.05) is 0 Å². The molecule has 0 aromatic heterocycles. The molecule has 0 radical (unpaired) electrons. The zero-order valence-electron chi connectivity index (χ0n) is 13.3. The van der Waals surface area contributed by atoms with Gasteiger partial charge in [-0.1, -0.05) is 13.8 Å². The quantitative estimate of drug-likeness (QED) is 0.691. The summed E-state index contributed by atoms with van der Waals surface area (Å²) < 4.78 is 9.82. The molecule has 0 amide bonds. The molecule has 130 valence electrons. The van der Waals surface area contributed by atoms with Gasteiger partial charge in [0.1, 0.15) is 0 Å². The second-order valence-electron chi connectivity index (χ2n) is 4.79. The van der Waals surface area contributed by atoms with E-state index in [0.29, 0.717) is 12.8 Å². The van der Waals surface area contributed by atoms with Gasteiger partial charge in [0.15, 0.2) is 0 Å². The van der Waals surface area contributed by atoms with E-state index in [-0.39, 0.29) is 18.8 Å². The molecule has 0 spiro atoms. The molecule has 8 nitrogen and oxygen atoms in total. The molecule has 8 heteroatoms. The van der Waals surface area contributed by atoms with Crippen molar-refractivity contribution in [1.29, 1.82) is 0 Å². The third-order valence-corrected chi connectivity index (χ3v) is 2.95. The number of esters is 2. The maximum absolute atomic E-state index is 12.2. The fourth-order valence-corrected chi connectivity index (χ4v) is 1.92. The molecule has 1 rings (SSSR count). The van der Waals surface area contributed by atoms with E-state index >= 15 is 0 Å². The van der Waals surface area contributed by atoms with Crippen LogP contribution in [-0.2, 0) is 9.47 Å². The lowest BCUT2D eigenvalue weighted by Gasteiger charge is -2.13. The molecule has 0 unspecified atom stereocenters. The van der Waals surface area contributed by atoms with Crippen molar-refractivity contribution in [2.45, 2.75) is 26.7 Å². The highest BCUT2D eigenvalue weighted by Gasteiger charge is 2.31. The summed E-state index contributed by atoms with van der Waals surface area (Å²) in [5.41, 5.74) is -2.36. The molecular weight excluding hydrogens is 320 g/mol. The summed E-state index contributed by atoms with van der Waals surface area (Å²) in [6.07, 6.45) is 1.00. The Labute approximate surface area is 138 Å². The summed E-state index contributed by atoms with van der Waals surface area (Å²) in [6.45, 7) is 3.57. The first-order valence-corrected chi connectivity index (χ1v) is 7.32. The highest BCUT2D eigenvalue weighted by atomic mass is 16.5. The van der Waals surface area contributed by atoms with Crippen molar-refractivity contribution in [2.24, 2.45) is 0 Å². The van der Waals surface area contributed by atoms with E-state index < -0.39 is 40.6 Å². The number of rotatable bonds is 8. The van der Waals surface area contributed by atoms with Crippen molar-refractivity contribution < 1.29 is 38.9 Å². The summed E-state index contributed by atoms with van der Waals surface area (Å²) in [6, 6.07) is 2.00. The van der Waals surface area contributed by atoms with Crippen LogP contribution in [0, 0.1) is 0 Å². The van der Waals surface area contributed by atoms with E-state index in [2.05, 4.69) is 0 Å². The highest BCUT2D eigenvalue weighted by molar-refractivity contribution is 6.14. The summed E-state index contributed by atoms with van der Waals surface area (Å²) >= 11 is 0. The van der Waals surface area contributed by atoms with Gasteiger partial charge in [-0.2, -0.15) is 0 Å². The topological polar surface area (TPSA) is 127 Å². The van der Waals surface area contributed by atoms with Crippen LogP contribution >= 0.6 is 0 Å². The third kappa shape index (κ3) is 4.31. The average molecular weight is 338 g/mol. The normalized spacial score (nSPS) is 10.1. The Balaban J connectivity index is 3.56. The van der Waals surface area contributed by atoms with Gasteiger partial charge in [-0.3, -0.25) is 0 Å². The SMILES string of the molecule is CCCOC(=O)c1ccc(C(=O)O)c(C(=O)O)c1C(=O)OCCC. The van der Waals surface area contributed by atoms with E-state index in [1.807, 2.05) is 0 Å². The molecule has 1 aromatic carbocycles. The summed E-state index contributed by atoms with van der Waals surface area (Å²) in [4.78, 5) is 47.0. The summed E-state index contributed by atoms with van der Waals surface area (Å²) in [5, 5.41) is 18.5. The van der Waals surface area contributed by atoms with Crippen LogP contribution in [0.2, 0.25) is 0 Å². The zero-order valence-corrected chi connectivity index (χ0v) is 13.3. The van der Waals surface area contributed by atoms with Crippen LogP contribution in [0.5, 0.6) is 0 Å². The van der Waals surface area contributed by atoms with E-state index in [4.69, 9.17) is 14.6 Å². The lowest BCUT2D eigenvalue weighted by atomic mass is 9.95. The van der Waals surface area contributed by atoms with Crippen LogP contribution in [0.4, 0.5) is 0 Å². The maximum Gasteiger partial charge on any atom is 0.339 e. The van der Waals surface area contributed by atoms with E-state index in [1.54, 1.807) is 13.8 Å². The van der Waals surface area contributed by atoms with Crippen molar-refractivity contribution in [3.8, 4) is 0 Å². The van der Waals surface area contributed by atoms with Crippen LogP contribution in [0.3, 0.4) is 0 Å². The molecule has 0 fully saturated rings. The van der Waals surface area contributed by atoms with Crippen molar-refractivity contribution in [1.82, 2.24) is 0 Å². The lowest BCUT2D eigenvalue weighted by Crippen LogP contribution is -2.22. The number of benzene rings is 1. The first kappa shape index (κ1) is 19.1.